The molecule has 1 heterocycles. The zero-order chi connectivity index (χ0) is 22.0. The molecule has 8 heteroatoms. The van der Waals surface area contributed by atoms with Crippen LogP contribution in [-0.2, 0) is 9.59 Å². The second kappa shape index (κ2) is 8.79. The van der Waals surface area contributed by atoms with Crippen LogP contribution in [-0.4, -0.2) is 35.1 Å². The van der Waals surface area contributed by atoms with E-state index in [1.54, 1.807) is 50.2 Å². The Balaban J connectivity index is 1.63. The van der Waals surface area contributed by atoms with Crippen LogP contribution in [0.1, 0.15) is 46.5 Å². The van der Waals surface area contributed by atoms with E-state index < -0.39 is 11.8 Å². The minimum absolute atomic E-state index is 0.0153. The fraction of sp³-hybridized carbons (Fsp3) is 0.273. The number of nitrogens with zero attached hydrogens (tertiary/aromatic N) is 1. The molecule has 0 fully saturated rings. The Kier molecular flexibility index (Phi) is 6.36. The number of aryl methyl sites for hydroxylation is 1. The summed E-state index contributed by atoms with van der Waals surface area (Å²) in [6, 6.07) is 10.2. The minimum atomic E-state index is -0.404. The molecule has 0 spiro atoms. The smallest absolute Gasteiger partial charge is 0.261 e. The van der Waals surface area contributed by atoms with Crippen LogP contribution >= 0.6 is 15.9 Å². The third-order valence-electron chi connectivity index (χ3n) is 4.80. The summed E-state index contributed by atoms with van der Waals surface area (Å²) in [6.45, 7) is 5.42. The molecular formula is C22H22BrN3O4. The predicted octanol–water partition coefficient (Wildman–Crippen LogP) is 3.98. The van der Waals surface area contributed by atoms with E-state index in [-0.39, 0.29) is 30.7 Å². The van der Waals surface area contributed by atoms with Gasteiger partial charge in [0.2, 0.25) is 11.8 Å². The van der Waals surface area contributed by atoms with Crippen molar-refractivity contribution in [3.63, 3.8) is 0 Å². The molecule has 0 bridgehead atoms. The molecule has 3 rings (SSSR count). The summed E-state index contributed by atoms with van der Waals surface area (Å²) < 4.78 is 0.710. The lowest BCUT2D eigenvalue weighted by Crippen LogP contribution is -2.33. The van der Waals surface area contributed by atoms with E-state index in [0.717, 1.165) is 10.5 Å². The Hall–Kier alpha value is -3.00. The maximum Gasteiger partial charge on any atom is 0.261 e. The summed E-state index contributed by atoms with van der Waals surface area (Å²) in [5, 5.41) is 5.58. The first kappa shape index (κ1) is 21.7. The van der Waals surface area contributed by atoms with Gasteiger partial charge in [-0.25, -0.2) is 0 Å². The number of amides is 4. The summed E-state index contributed by atoms with van der Waals surface area (Å²) in [5.74, 6) is -1.41. The second-order valence-corrected chi connectivity index (χ2v) is 8.34. The number of benzene rings is 2. The van der Waals surface area contributed by atoms with Gasteiger partial charge in [0.25, 0.3) is 11.8 Å². The molecule has 2 aromatic carbocycles. The summed E-state index contributed by atoms with van der Waals surface area (Å²) in [7, 11) is 0. The van der Waals surface area contributed by atoms with Crippen LogP contribution in [0.4, 0.5) is 11.4 Å². The number of halogens is 1. The lowest BCUT2D eigenvalue weighted by molar-refractivity contribution is -0.119. The van der Waals surface area contributed by atoms with Crippen LogP contribution in [0, 0.1) is 12.8 Å². The Morgan fingerprint density at radius 3 is 2.40 bits per heavy atom. The van der Waals surface area contributed by atoms with Gasteiger partial charge >= 0.3 is 0 Å². The van der Waals surface area contributed by atoms with Crippen LogP contribution in [0.5, 0.6) is 0 Å². The van der Waals surface area contributed by atoms with E-state index in [1.165, 1.54) is 0 Å². The first-order valence-electron chi connectivity index (χ1n) is 9.54. The molecule has 0 aliphatic carbocycles. The monoisotopic (exact) mass is 471 g/mol. The third kappa shape index (κ3) is 4.59. The highest BCUT2D eigenvalue weighted by atomic mass is 79.9. The molecule has 30 heavy (non-hydrogen) atoms. The van der Waals surface area contributed by atoms with E-state index in [2.05, 4.69) is 26.6 Å². The van der Waals surface area contributed by atoms with Gasteiger partial charge in [-0.3, -0.25) is 24.1 Å². The molecule has 0 unspecified atom stereocenters. The lowest BCUT2D eigenvalue weighted by Gasteiger charge is -2.15. The quantitative estimate of drug-likeness (QED) is 0.622. The van der Waals surface area contributed by atoms with E-state index in [4.69, 9.17) is 0 Å². The number of carbonyl (C=O) groups is 4. The van der Waals surface area contributed by atoms with Crippen molar-refractivity contribution in [2.75, 3.05) is 17.2 Å². The maximum absolute atomic E-state index is 12.5. The van der Waals surface area contributed by atoms with Crippen molar-refractivity contribution < 1.29 is 19.2 Å². The number of hydrogen-bond acceptors (Lipinski definition) is 4. The van der Waals surface area contributed by atoms with Crippen LogP contribution < -0.4 is 10.6 Å². The molecule has 0 radical (unpaired) electrons. The van der Waals surface area contributed by atoms with Crippen LogP contribution in [0.2, 0.25) is 0 Å². The summed E-state index contributed by atoms with van der Waals surface area (Å²) in [4.78, 5) is 50.4. The molecule has 2 aromatic rings. The van der Waals surface area contributed by atoms with E-state index in [9.17, 15) is 19.2 Å². The van der Waals surface area contributed by atoms with Crippen molar-refractivity contribution >= 4 is 50.9 Å². The van der Waals surface area contributed by atoms with Crippen molar-refractivity contribution in [1.29, 1.82) is 0 Å². The zero-order valence-corrected chi connectivity index (χ0v) is 18.5. The predicted molar refractivity (Wildman–Crippen MR) is 117 cm³/mol. The molecule has 0 aromatic heterocycles. The van der Waals surface area contributed by atoms with Gasteiger partial charge in [0.15, 0.2) is 0 Å². The van der Waals surface area contributed by atoms with Crippen molar-refractivity contribution in [2.24, 2.45) is 5.92 Å². The average Bonchev–Trinajstić information content (AvgIpc) is 2.92. The van der Waals surface area contributed by atoms with Gasteiger partial charge in [0, 0.05) is 34.7 Å². The van der Waals surface area contributed by atoms with Gasteiger partial charge in [-0.1, -0.05) is 35.8 Å². The Labute approximate surface area is 183 Å². The van der Waals surface area contributed by atoms with E-state index in [1.807, 2.05) is 6.92 Å². The van der Waals surface area contributed by atoms with Crippen molar-refractivity contribution in [3.05, 3.63) is 57.6 Å². The fourth-order valence-corrected chi connectivity index (χ4v) is 3.37. The number of fused-ring (bicyclic) bond motifs is 1. The molecular weight excluding hydrogens is 450 g/mol. The Morgan fingerprint density at radius 2 is 1.70 bits per heavy atom. The summed E-state index contributed by atoms with van der Waals surface area (Å²) >= 11 is 3.29. The van der Waals surface area contributed by atoms with Gasteiger partial charge in [-0.05, 0) is 42.8 Å². The topological polar surface area (TPSA) is 95.6 Å². The maximum atomic E-state index is 12.5. The first-order valence-corrected chi connectivity index (χ1v) is 10.3. The number of hydrogen-bond donors (Lipinski definition) is 2. The molecule has 156 valence electrons. The number of carbonyl (C=O) groups excluding carboxylic acids is 4. The second-order valence-electron chi connectivity index (χ2n) is 7.42. The summed E-state index contributed by atoms with van der Waals surface area (Å²) in [6.07, 6.45) is -0.0331. The van der Waals surface area contributed by atoms with Gasteiger partial charge in [0.1, 0.15) is 0 Å². The Morgan fingerprint density at radius 1 is 1.00 bits per heavy atom. The van der Waals surface area contributed by atoms with Gasteiger partial charge in [-0.15, -0.1) is 0 Å². The van der Waals surface area contributed by atoms with Gasteiger partial charge in [0.05, 0.1) is 11.1 Å². The zero-order valence-electron chi connectivity index (χ0n) is 16.9. The molecule has 0 atom stereocenters. The molecule has 7 nitrogen and oxygen atoms in total. The lowest BCUT2D eigenvalue weighted by atomic mass is 10.1. The van der Waals surface area contributed by atoms with Gasteiger partial charge < -0.3 is 10.6 Å². The highest BCUT2D eigenvalue weighted by Gasteiger charge is 2.35. The minimum Gasteiger partial charge on any atom is -0.326 e. The van der Waals surface area contributed by atoms with Crippen molar-refractivity contribution in [3.8, 4) is 0 Å². The van der Waals surface area contributed by atoms with E-state index >= 15 is 0 Å². The largest absolute Gasteiger partial charge is 0.326 e. The van der Waals surface area contributed by atoms with Crippen LogP contribution in [0.15, 0.2) is 40.9 Å². The fourth-order valence-electron chi connectivity index (χ4n) is 3.01. The number of rotatable bonds is 6. The Bertz CT molecular complexity index is 1050. The highest BCUT2D eigenvalue weighted by Crippen LogP contribution is 2.26. The van der Waals surface area contributed by atoms with Crippen LogP contribution in [0.25, 0.3) is 0 Å². The summed E-state index contributed by atoms with van der Waals surface area (Å²) in [5.41, 5.74) is 2.65. The first-order chi connectivity index (χ1) is 14.2. The number of nitrogens with one attached hydrogen (secondary N) is 2. The van der Waals surface area contributed by atoms with E-state index in [0.29, 0.717) is 27.0 Å². The van der Waals surface area contributed by atoms with Crippen molar-refractivity contribution in [2.45, 2.75) is 27.2 Å². The molecule has 1 aliphatic heterocycles. The third-order valence-corrected chi connectivity index (χ3v) is 5.29. The molecule has 4 amide bonds. The van der Waals surface area contributed by atoms with Crippen LogP contribution in [0.3, 0.4) is 0 Å². The molecule has 0 saturated carbocycles. The molecule has 0 saturated heterocycles. The normalized spacial score (nSPS) is 12.9. The standard InChI is InChI=1S/C22H22BrN3O4/c1-12(2)20(28)24-15-6-4-13(3)18(11-15)25-19(27)8-9-26-21(29)16-7-5-14(23)10-17(16)22(26)30/h4-7,10-12H,8-9H2,1-3H3,(H,24,28)(H,25,27). The number of anilines is 2. The van der Waals surface area contributed by atoms with Crippen molar-refractivity contribution in [1.82, 2.24) is 4.90 Å². The molecule has 1 aliphatic rings. The van der Waals surface area contributed by atoms with Gasteiger partial charge in [-0.2, -0.15) is 0 Å². The molecule has 2 N–H and O–H groups in total. The average molecular weight is 472 g/mol. The highest BCUT2D eigenvalue weighted by molar-refractivity contribution is 9.10. The number of imide groups is 1. The SMILES string of the molecule is Cc1ccc(NC(=O)C(C)C)cc1NC(=O)CCN1C(=O)c2ccc(Br)cc2C1=O.